The number of benzene rings is 2. The second-order valence-corrected chi connectivity index (χ2v) is 5.81. The fourth-order valence-electron chi connectivity index (χ4n) is 2.96. The van der Waals surface area contributed by atoms with Gasteiger partial charge in [0.1, 0.15) is 0 Å². The number of hydrogen-bond donors (Lipinski definition) is 1. The first kappa shape index (κ1) is 14.3. The van der Waals surface area contributed by atoms with Gasteiger partial charge < -0.3 is 10.5 Å². The molecule has 0 aromatic heterocycles. The molecule has 1 aliphatic rings. The predicted molar refractivity (Wildman–Crippen MR) is 87.0 cm³/mol. The lowest BCUT2D eigenvalue weighted by Crippen LogP contribution is -2.14. The number of ether oxygens (including phenoxy) is 1. The molecule has 0 aliphatic carbocycles. The molecule has 1 saturated heterocycles. The highest BCUT2D eigenvalue weighted by Crippen LogP contribution is 2.25. The topological polar surface area (TPSA) is 35.2 Å². The van der Waals surface area contributed by atoms with Crippen molar-refractivity contribution in [3.63, 3.8) is 0 Å². The molecule has 110 valence electrons. The Morgan fingerprint density at radius 1 is 1.00 bits per heavy atom. The number of nitrogens with two attached hydrogens (primary N) is 1. The number of rotatable bonds is 5. The van der Waals surface area contributed by atoms with Gasteiger partial charge in [-0.3, -0.25) is 0 Å². The van der Waals surface area contributed by atoms with Gasteiger partial charge in [0.25, 0.3) is 0 Å². The Morgan fingerprint density at radius 3 is 2.38 bits per heavy atom. The lowest BCUT2D eigenvalue weighted by Gasteiger charge is -2.15. The molecular formula is C19H23NO. The molecule has 1 heterocycles. The first-order valence-corrected chi connectivity index (χ1v) is 7.85. The minimum absolute atomic E-state index is 0.110. The molecule has 1 aliphatic heterocycles. The highest BCUT2D eigenvalue weighted by molar-refractivity contribution is 5.63. The first-order chi connectivity index (χ1) is 10.3. The average Bonchev–Trinajstić information content (AvgIpc) is 3.07. The van der Waals surface area contributed by atoms with Crippen LogP contribution in [0.2, 0.25) is 0 Å². The average molecular weight is 281 g/mol. The zero-order valence-electron chi connectivity index (χ0n) is 12.4. The molecule has 3 rings (SSSR count). The van der Waals surface area contributed by atoms with Gasteiger partial charge in [-0.15, -0.1) is 0 Å². The van der Waals surface area contributed by atoms with Crippen LogP contribution in [0.4, 0.5) is 0 Å². The van der Waals surface area contributed by atoms with Gasteiger partial charge in [-0.2, -0.15) is 0 Å². The third-order valence-electron chi connectivity index (χ3n) is 4.27. The summed E-state index contributed by atoms with van der Waals surface area (Å²) in [7, 11) is 0. The summed E-state index contributed by atoms with van der Waals surface area (Å²) < 4.78 is 5.66. The van der Waals surface area contributed by atoms with Crippen LogP contribution in [0.3, 0.4) is 0 Å². The Bertz CT molecular complexity index is 544. The summed E-state index contributed by atoms with van der Waals surface area (Å²) in [4.78, 5) is 0. The van der Waals surface area contributed by atoms with Gasteiger partial charge in [-0.1, -0.05) is 54.6 Å². The van der Waals surface area contributed by atoms with Crippen LogP contribution >= 0.6 is 0 Å². The van der Waals surface area contributed by atoms with E-state index in [0.717, 1.165) is 19.4 Å². The molecule has 0 spiro atoms. The van der Waals surface area contributed by atoms with Gasteiger partial charge >= 0.3 is 0 Å². The molecule has 0 bridgehead atoms. The lowest BCUT2D eigenvalue weighted by molar-refractivity contribution is 0.101. The van der Waals surface area contributed by atoms with Crippen molar-refractivity contribution in [3.8, 4) is 11.1 Å². The summed E-state index contributed by atoms with van der Waals surface area (Å²) in [5.74, 6) is 0. The van der Waals surface area contributed by atoms with Crippen molar-refractivity contribution in [2.45, 2.75) is 37.8 Å². The van der Waals surface area contributed by atoms with Crippen molar-refractivity contribution in [1.82, 2.24) is 0 Å². The molecule has 0 saturated carbocycles. The van der Waals surface area contributed by atoms with Crippen LogP contribution in [-0.2, 0) is 4.74 Å². The van der Waals surface area contributed by atoms with Crippen LogP contribution in [0.25, 0.3) is 11.1 Å². The standard InChI is InChI=1S/C19H23NO/c20-19(13-12-18-7-4-14-21-18)17-10-8-16(9-11-17)15-5-2-1-3-6-15/h1-3,5-6,8-11,18-19H,4,7,12-14,20H2. The van der Waals surface area contributed by atoms with E-state index in [1.54, 1.807) is 0 Å². The van der Waals surface area contributed by atoms with Gasteiger partial charge in [-0.25, -0.2) is 0 Å². The highest BCUT2D eigenvalue weighted by Gasteiger charge is 2.17. The van der Waals surface area contributed by atoms with Crippen LogP contribution in [0.15, 0.2) is 54.6 Å². The molecule has 2 atom stereocenters. The lowest BCUT2D eigenvalue weighted by atomic mass is 9.97. The summed E-state index contributed by atoms with van der Waals surface area (Å²) in [6.07, 6.45) is 4.89. The largest absolute Gasteiger partial charge is 0.378 e. The molecule has 0 radical (unpaired) electrons. The summed E-state index contributed by atoms with van der Waals surface area (Å²) in [5.41, 5.74) is 10.0. The van der Waals surface area contributed by atoms with Gasteiger partial charge in [0.15, 0.2) is 0 Å². The van der Waals surface area contributed by atoms with E-state index in [4.69, 9.17) is 10.5 Å². The van der Waals surface area contributed by atoms with E-state index < -0.39 is 0 Å². The van der Waals surface area contributed by atoms with E-state index >= 15 is 0 Å². The minimum atomic E-state index is 0.110. The van der Waals surface area contributed by atoms with Gasteiger partial charge in [0.05, 0.1) is 6.10 Å². The van der Waals surface area contributed by atoms with Crippen molar-refractivity contribution >= 4 is 0 Å². The first-order valence-electron chi connectivity index (χ1n) is 7.85. The van der Waals surface area contributed by atoms with E-state index in [1.165, 1.54) is 29.5 Å². The van der Waals surface area contributed by atoms with Crippen molar-refractivity contribution in [3.05, 3.63) is 60.2 Å². The van der Waals surface area contributed by atoms with Crippen molar-refractivity contribution < 1.29 is 4.74 Å². The molecule has 2 unspecified atom stereocenters. The molecule has 2 heteroatoms. The second kappa shape index (κ2) is 6.88. The molecule has 2 nitrogen and oxygen atoms in total. The van der Waals surface area contributed by atoms with Crippen molar-refractivity contribution in [1.29, 1.82) is 0 Å². The van der Waals surface area contributed by atoms with Crippen molar-refractivity contribution in [2.24, 2.45) is 5.73 Å². The van der Waals surface area contributed by atoms with Crippen LogP contribution in [0.5, 0.6) is 0 Å². The Balaban J connectivity index is 1.60. The monoisotopic (exact) mass is 281 g/mol. The number of hydrogen-bond acceptors (Lipinski definition) is 2. The van der Waals surface area contributed by atoms with Gasteiger partial charge in [-0.05, 0) is 42.4 Å². The SMILES string of the molecule is NC(CCC1CCCO1)c1ccc(-c2ccccc2)cc1. The smallest absolute Gasteiger partial charge is 0.0576 e. The fraction of sp³-hybridized carbons (Fsp3) is 0.368. The van der Waals surface area contributed by atoms with Gasteiger partial charge in [0, 0.05) is 12.6 Å². The van der Waals surface area contributed by atoms with E-state index in [1.807, 2.05) is 6.07 Å². The molecule has 21 heavy (non-hydrogen) atoms. The predicted octanol–water partition coefficient (Wildman–Crippen LogP) is 4.31. The summed E-state index contributed by atoms with van der Waals surface area (Å²) in [6.45, 7) is 0.922. The molecule has 2 aromatic rings. The normalized spacial score (nSPS) is 19.6. The van der Waals surface area contributed by atoms with E-state index in [-0.39, 0.29) is 6.04 Å². The summed E-state index contributed by atoms with van der Waals surface area (Å²) >= 11 is 0. The van der Waals surface area contributed by atoms with Crippen LogP contribution in [-0.4, -0.2) is 12.7 Å². The maximum Gasteiger partial charge on any atom is 0.0576 e. The minimum Gasteiger partial charge on any atom is -0.378 e. The Labute approximate surface area is 126 Å². The van der Waals surface area contributed by atoms with E-state index in [9.17, 15) is 0 Å². The second-order valence-electron chi connectivity index (χ2n) is 5.81. The fourth-order valence-corrected chi connectivity index (χ4v) is 2.96. The maximum atomic E-state index is 6.31. The van der Waals surface area contributed by atoms with Gasteiger partial charge in [0.2, 0.25) is 0 Å². The van der Waals surface area contributed by atoms with Crippen LogP contribution < -0.4 is 5.73 Å². The summed E-state index contributed by atoms with van der Waals surface area (Å²) in [5, 5.41) is 0. The van der Waals surface area contributed by atoms with Crippen LogP contribution in [0, 0.1) is 0 Å². The van der Waals surface area contributed by atoms with E-state index in [2.05, 4.69) is 48.5 Å². The highest BCUT2D eigenvalue weighted by atomic mass is 16.5. The molecule has 2 aromatic carbocycles. The quantitative estimate of drug-likeness (QED) is 0.886. The molecule has 0 amide bonds. The zero-order valence-corrected chi connectivity index (χ0v) is 12.4. The molecule has 2 N–H and O–H groups in total. The molecule has 1 fully saturated rings. The van der Waals surface area contributed by atoms with Crippen molar-refractivity contribution in [2.75, 3.05) is 6.61 Å². The Hall–Kier alpha value is -1.64. The van der Waals surface area contributed by atoms with E-state index in [0.29, 0.717) is 6.10 Å². The zero-order chi connectivity index (χ0) is 14.5. The third kappa shape index (κ3) is 3.72. The third-order valence-corrected chi connectivity index (χ3v) is 4.27. The molecular weight excluding hydrogens is 258 g/mol. The summed E-state index contributed by atoms with van der Waals surface area (Å²) in [6, 6.07) is 19.2. The maximum absolute atomic E-state index is 6.31. The Kier molecular flexibility index (Phi) is 4.69. The Morgan fingerprint density at radius 2 is 1.71 bits per heavy atom. The van der Waals surface area contributed by atoms with Crippen LogP contribution in [0.1, 0.15) is 37.3 Å².